The Morgan fingerprint density at radius 3 is 2.84 bits per heavy atom. The maximum atomic E-state index is 11.2. The Hall–Kier alpha value is -1.20. The molecule has 100 valence electrons. The highest BCUT2D eigenvalue weighted by Gasteiger charge is 2.07. The molecule has 0 aliphatic carbocycles. The zero-order chi connectivity index (χ0) is 13.8. The summed E-state index contributed by atoms with van der Waals surface area (Å²) in [5, 5.41) is 0. The van der Waals surface area contributed by atoms with Crippen molar-refractivity contribution in [1.82, 2.24) is 4.98 Å². The molecule has 0 atom stereocenters. The molecule has 0 fully saturated rings. The number of hydrogen-bond donors (Lipinski definition) is 0. The van der Waals surface area contributed by atoms with E-state index in [2.05, 4.69) is 20.9 Å². The van der Waals surface area contributed by atoms with Gasteiger partial charge in [0.15, 0.2) is 5.78 Å². The van der Waals surface area contributed by atoms with E-state index in [1.54, 1.807) is 30.4 Å². The van der Waals surface area contributed by atoms with Crippen molar-refractivity contribution in [3.63, 3.8) is 0 Å². The molecule has 3 nitrogen and oxygen atoms in total. The molecule has 2 rings (SSSR count). The number of thiazole rings is 1. The van der Waals surface area contributed by atoms with Crippen LogP contribution in [0.2, 0.25) is 0 Å². The second-order valence-corrected chi connectivity index (χ2v) is 5.95. The van der Waals surface area contributed by atoms with E-state index in [0.29, 0.717) is 12.2 Å². The Labute approximate surface area is 124 Å². The van der Waals surface area contributed by atoms with E-state index in [0.717, 1.165) is 22.3 Å². The van der Waals surface area contributed by atoms with Crippen LogP contribution in [0, 0.1) is 6.92 Å². The van der Waals surface area contributed by atoms with Crippen LogP contribution in [0.4, 0.5) is 0 Å². The van der Waals surface area contributed by atoms with E-state index >= 15 is 0 Å². The van der Waals surface area contributed by atoms with Gasteiger partial charge in [-0.25, -0.2) is 4.98 Å². The maximum absolute atomic E-state index is 11.2. The number of carbonyl (C=O) groups excluding carboxylic acids is 1. The monoisotopic (exact) mass is 339 g/mol. The number of hydrogen-bond acceptors (Lipinski definition) is 4. The van der Waals surface area contributed by atoms with Crippen LogP contribution >= 0.6 is 27.3 Å². The van der Waals surface area contributed by atoms with Crippen molar-refractivity contribution in [3.05, 3.63) is 44.3 Å². The summed E-state index contributed by atoms with van der Waals surface area (Å²) in [6, 6.07) is 5.39. The third kappa shape index (κ3) is 3.64. The zero-order valence-corrected chi connectivity index (χ0v) is 13.2. The van der Waals surface area contributed by atoms with E-state index < -0.39 is 0 Å². The standard InChI is InChI=1S/C14H14BrNO2S/c1-9-14(19-8-16-9)5-6-18-13-4-3-11(10(2)17)7-12(13)15/h3-4,7-8H,5-6H2,1-2H3. The van der Waals surface area contributed by atoms with Crippen molar-refractivity contribution in [3.8, 4) is 5.75 Å². The number of ketones is 1. The lowest BCUT2D eigenvalue weighted by molar-refractivity contribution is 0.101. The minimum atomic E-state index is 0.0486. The van der Waals surface area contributed by atoms with Gasteiger partial charge < -0.3 is 4.74 Å². The summed E-state index contributed by atoms with van der Waals surface area (Å²) < 4.78 is 6.53. The molecule has 1 heterocycles. The Morgan fingerprint density at radius 2 is 2.26 bits per heavy atom. The van der Waals surface area contributed by atoms with E-state index in [-0.39, 0.29) is 5.78 Å². The first-order valence-corrected chi connectivity index (χ1v) is 7.57. The number of Topliss-reactive ketones (excluding diaryl/α,β-unsaturated/α-hetero) is 1. The van der Waals surface area contributed by atoms with Crippen molar-refractivity contribution in [2.75, 3.05) is 6.61 Å². The minimum Gasteiger partial charge on any atom is -0.492 e. The van der Waals surface area contributed by atoms with Gasteiger partial charge in [0.25, 0.3) is 0 Å². The number of aryl methyl sites for hydroxylation is 1. The van der Waals surface area contributed by atoms with Gasteiger partial charge in [-0.3, -0.25) is 4.79 Å². The normalized spacial score (nSPS) is 10.5. The average Bonchev–Trinajstić information content (AvgIpc) is 2.77. The van der Waals surface area contributed by atoms with E-state index in [1.165, 1.54) is 4.88 Å². The summed E-state index contributed by atoms with van der Waals surface area (Å²) >= 11 is 5.07. The molecule has 2 aromatic rings. The molecule has 0 aliphatic heterocycles. The fourth-order valence-corrected chi connectivity index (χ4v) is 2.91. The molecule has 0 aliphatic rings. The molecular weight excluding hydrogens is 326 g/mol. The van der Waals surface area contributed by atoms with Crippen LogP contribution < -0.4 is 4.74 Å². The highest BCUT2D eigenvalue weighted by Crippen LogP contribution is 2.26. The molecule has 0 spiro atoms. The Balaban J connectivity index is 1.96. The number of ether oxygens (including phenoxy) is 1. The number of nitrogens with zero attached hydrogens (tertiary/aromatic N) is 1. The van der Waals surface area contributed by atoms with Crippen LogP contribution in [-0.2, 0) is 6.42 Å². The lowest BCUT2D eigenvalue weighted by atomic mass is 10.1. The Morgan fingerprint density at radius 1 is 1.47 bits per heavy atom. The van der Waals surface area contributed by atoms with Crippen LogP contribution in [0.3, 0.4) is 0 Å². The second-order valence-electron chi connectivity index (χ2n) is 4.16. The lowest BCUT2D eigenvalue weighted by Crippen LogP contribution is -2.02. The van der Waals surface area contributed by atoms with Gasteiger partial charge in [0.1, 0.15) is 5.75 Å². The molecule has 1 aromatic heterocycles. The molecule has 0 bridgehead atoms. The number of rotatable bonds is 5. The zero-order valence-electron chi connectivity index (χ0n) is 10.8. The van der Waals surface area contributed by atoms with Gasteiger partial charge in [0.05, 0.1) is 22.3 Å². The van der Waals surface area contributed by atoms with E-state index in [1.807, 2.05) is 18.5 Å². The van der Waals surface area contributed by atoms with Crippen molar-refractivity contribution < 1.29 is 9.53 Å². The predicted molar refractivity (Wildman–Crippen MR) is 80.2 cm³/mol. The summed E-state index contributed by atoms with van der Waals surface area (Å²) in [5.41, 5.74) is 3.60. The smallest absolute Gasteiger partial charge is 0.159 e. The maximum Gasteiger partial charge on any atom is 0.159 e. The molecule has 0 saturated carbocycles. The van der Waals surface area contributed by atoms with Crippen LogP contribution in [0.1, 0.15) is 27.9 Å². The molecule has 1 aromatic carbocycles. The fraction of sp³-hybridized carbons (Fsp3) is 0.286. The third-order valence-corrected chi connectivity index (χ3v) is 4.38. The van der Waals surface area contributed by atoms with Gasteiger partial charge in [-0.05, 0) is 48.0 Å². The SMILES string of the molecule is CC(=O)c1ccc(OCCc2scnc2C)c(Br)c1. The summed E-state index contributed by atoms with van der Waals surface area (Å²) in [5.74, 6) is 0.805. The molecule has 19 heavy (non-hydrogen) atoms. The molecule has 0 amide bonds. The molecule has 5 heteroatoms. The van der Waals surface area contributed by atoms with Crippen LogP contribution in [0.5, 0.6) is 5.75 Å². The van der Waals surface area contributed by atoms with Crippen LogP contribution in [0.15, 0.2) is 28.2 Å². The number of aromatic nitrogens is 1. The van der Waals surface area contributed by atoms with E-state index in [4.69, 9.17) is 4.74 Å². The number of halogens is 1. The van der Waals surface area contributed by atoms with Gasteiger partial charge in [0.2, 0.25) is 0 Å². The van der Waals surface area contributed by atoms with Crippen LogP contribution in [0.25, 0.3) is 0 Å². The van der Waals surface area contributed by atoms with Crippen molar-refractivity contribution in [2.45, 2.75) is 20.3 Å². The quantitative estimate of drug-likeness (QED) is 0.771. The Bertz CT molecular complexity index is 595. The second kappa shape index (κ2) is 6.30. The van der Waals surface area contributed by atoms with Crippen molar-refractivity contribution >= 4 is 33.0 Å². The van der Waals surface area contributed by atoms with Crippen LogP contribution in [-0.4, -0.2) is 17.4 Å². The molecule has 0 N–H and O–H groups in total. The first-order chi connectivity index (χ1) is 9.08. The first kappa shape index (κ1) is 14.2. The molecule has 0 saturated heterocycles. The van der Waals surface area contributed by atoms with Crippen molar-refractivity contribution in [1.29, 1.82) is 0 Å². The highest BCUT2D eigenvalue weighted by atomic mass is 79.9. The van der Waals surface area contributed by atoms with Gasteiger partial charge >= 0.3 is 0 Å². The summed E-state index contributed by atoms with van der Waals surface area (Å²) in [6.07, 6.45) is 0.845. The summed E-state index contributed by atoms with van der Waals surface area (Å²) in [7, 11) is 0. The minimum absolute atomic E-state index is 0.0486. The Kier molecular flexibility index (Phi) is 4.71. The topological polar surface area (TPSA) is 39.2 Å². The summed E-state index contributed by atoms with van der Waals surface area (Å²) in [6.45, 7) is 4.15. The highest BCUT2D eigenvalue weighted by molar-refractivity contribution is 9.10. The summed E-state index contributed by atoms with van der Waals surface area (Å²) in [4.78, 5) is 16.7. The van der Waals surface area contributed by atoms with Gasteiger partial charge in [-0.2, -0.15) is 0 Å². The average molecular weight is 340 g/mol. The number of benzene rings is 1. The first-order valence-electron chi connectivity index (χ1n) is 5.90. The van der Waals surface area contributed by atoms with Gasteiger partial charge in [-0.1, -0.05) is 0 Å². The van der Waals surface area contributed by atoms with Gasteiger partial charge in [-0.15, -0.1) is 11.3 Å². The van der Waals surface area contributed by atoms with E-state index in [9.17, 15) is 4.79 Å². The largest absolute Gasteiger partial charge is 0.492 e. The molecular formula is C14H14BrNO2S. The molecule has 0 radical (unpaired) electrons. The lowest BCUT2D eigenvalue weighted by Gasteiger charge is -2.08. The number of carbonyl (C=O) groups is 1. The predicted octanol–water partition coefficient (Wildman–Crippen LogP) is 4.04. The fourth-order valence-electron chi connectivity index (χ4n) is 1.66. The molecule has 0 unspecified atom stereocenters. The third-order valence-electron chi connectivity index (χ3n) is 2.77. The van der Waals surface area contributed by atoms with Crippen molar-refractivity contribution in [2.24, 2.45) is 0 Å². The van der Waals surface area contributed by atoms with Gasteiger partial charge in [0, 0.05) is 16.9 Å².